The zero-order valence-corrected chi connectivity index (χ0v) is 6.77. The van der Waals surface area contributed by atoms with Crippen molar-refractivity contribution in [2.24, 2.45) is 11.2 Å². The van der Waals surface area contributed by atoms with Gasteiger partial charge in [-0.15, -0.1) is 4.91 Å². The number of carbonyl (C=O) groups is 1. The fraction of sp³-hybridized carbons (Fsp3) is 0.857. The van der Waals surface area contributed by atoms with Crippen molar-refractivity contribution in [3.63, 3.8) is 0 Å². The van der Waals surface area contributed by atoms with E-state index in [4.69, 9.17) is 5.11 Å². The van der Waals surface area contributed by atoms with Crippen molar-refractivity contribution in [3.8, 4) is 0 Å². The summed E-state index contributed by atoms with van der Waals surface area (Å²) in [6.07, 6.45) is 1.74. The van der Waals surface area contributed by atoms with Crippen LogP contribution in [0, 0.1) is 10.8 Å². The lowest BCUT2D eigenvalue weighted by Crippen LogP contribution is -2.30. The fourth-order valence-corrected chi connectivity index (χ4v) is 1.45. The molecular formula is C7H12N2O3. The number of carboxylic acids is 1. The Morgan fingerprint density at radius 3 is 2.50 bits per heavy atom. The SMILES string of the molecule is O=NN1CCC(CC(=O)O)CC1. The number of carboxylic acid groups (broad SMARTS) is 1. The number of nitroso groups, excluding NO2 is 1. The smallest absolute Gasteiger partial charge is 0.303 e. The molecule has 1 fully saturated rings. The summed E-state index contributed by atoms with van der Waals surface area (Å²) in [5, 5.41) is 12.7. The molecule has 0 atom stereocenters. The van der Waals surface area contributed by atoms with E-state index in [-0.39, 0.29) is 12.3 Å². The van der Waals surface area contributed by atoms with Crippen LogP contribution in [0.4, 0.5) is 0 Å². The van der Waals surface area contributed by atoms with Crippen molar-refractivity contribution < 1.29 is 9.90 Å². The Morgan fingerprint density at radius 2 is 2.08 bits per heavy atom. The second kappa shape index (κ2) is 4.04. The molecule has 1 aliphatic rings. The van der Waals surface area contributed by atoms with E-state index in [1.54, 1.807) is 0 Å². The Morgan fingerprint density at radius 1 is 1.50 bits per heavy atom. The average Bonchev–Trinajstić information content (AvgIpc) is 2.05. The molecule has 1 heterocycles. The number of rotatable bonds is 3. The van der Waals surface area contributed by atoms with Crippen LogP contribution in [0.1, 0.15) is 19.3 Å². The minimum atomic E-state index is -0.757. The molecule has 68 valence electrons. The largest absolute Gasteiger partial charge is 0.481 e. The highest BCUT2D eigenvalue weighted by molar-refractivity contribution is 5.67. The van der Waals surface area contributed by atoms with Gasteiger partial charge < -0.3 is 5.11 Å². The third kappa shape index (κ3) is 2.48. The highest BCUT2D eigenvalue weighted by Gasteiger charge is 2.20. The molecule has 5 heteroatoms. The molecule has 5 nitrogen and oxygen atoms in total. The van der Waals surface area contributed by atoms with Crippen molar-refractivity contribution >= 4 is 5.97 Å². The lowest BCUT2D eigenvalue weighted by atomic mass is 9.94. The van der Waals surface area contributed by atoms with Gasteiger partial charge in [-0.2, -0.15) is 0 Å². The van der Waals surface area contributed by atoms with Crippen molar-refractivity contribution in [1.82, 2.24) is 5.01 Å². The Bertz CT molecular complexity index is 175. The Kier molecular flexibility index (Phi) is 3.01. The van der Waals surface area contributed by atoms with E-state index >= 15 is 0 Å². The van der Waals surface area contributed by atoms with E-state index < -0.39 is 5.97 Å². The molecule has 1 N–H and O–H groups in total. The zero-order valence-electron chi connectivity index (χ0n) is 6.77. The third-order valence-corrected chi connectivity index (χ3v) is 2.17. The van der Waals surface area contributed by atoms with E-state index in [1.807, 2.05) is 0 Å². The first-order valence-electron chi connectivity index (χ1n) is 4.02. The van der Waals surface area contributed by atoms with Gasteiger partial charge >= 0.3 is 5.97 Å². The van der Waals surface area contributed by atoms with E-state index in [9.17, 15) is 9.70 Å². The number of hydrogen-bond acceptors (Lipinski definition) is 3. The van der Waals surface area contributed by atoms with Gasteiger partial charge in [0.2, 0.25) is 0 Å². The second-order valence-electron chi connectivity index (χ2n) is 3.08. The number of hydrogen-bond donors (Lipinski definition) is 1. The molecule has 0 saturated carbocycles. The number of nitrogens with zero attached hydrogens (tertiary/aromatic N) is 2. The van der Waals surface area contributed by atoms with Gasteiger partial charge in [0.05, 0.1) is 5.29 Å². The predicted octanol–water partition coefficient (Wildman–Crippen LogP) is 0.855. The summed E-state index contributed by atoms with van der Waals surface area (Å²) in [5.41, 5.74) is 0. The molecule has 0 radical (unpaired) electrons. The van der Waals surface area contributed by atoms with Crippen LogP contribution in [0.3, 0.4) is 0 Å². The molecule has 0 aliphatic carbocycles. The predicted molar refractivity (Wildman–Crippen MR) is 42.3 cm³/mol. The van der Waals surface area contributed by atoms with E-state index in [0.717, 1.165) is 12.8 Å². The maximum absolute atomic E-state index is 10.3. The monoisotopic (exact) mass is 172 g/mol. The topological polar surface area (TPSA) is 70.0 Å². The maximum Gasteiger partial charge on any atom is 0.303 e. The highest BCUT2D eigenvalue weighted by Crippen LogP contribution is 2.20. The summed E-state index contributed by atoms with van der Waals surface area (Å²) in [6, 6.07) is 0. The van der Waals surface area contributed by atoms with Crippen LogP contribution in [0.2, 0.25) is 0 Å². The molecule has 0 unspecified atom stereocenters. The molecule has 1 rings (SSSR count). The van der Waals surface area contributed by atoms with Crippen LogP contribution < -0.4 is 0 Å². The van der Waals surface area contributed by atoms with Crippen LogP contribution in [0.15, 0.2) is 5.29 Å². The first kappa shape index (κ1) is 8.96. The Hall–Kier alpha value is -1.13. The molecule has 0 aromatic heterocycles. The van der Waals surface area contributed by atoms with Gasteiger partial charge in [0.25, 0.3) is 0 Å². The van der Waals surface area contributed by atoms with Gasteiger partial charge in [-0.3, -0.25) is 9.80 Å². The molecule has 0 aromatic carbocycles. The number of piperidine rings is 1. The Balaban J connectivity index is 2.26. The van der Waals surface area contributed by atoms with Gasteiger partial charge in [0.15, 0.2) is 0 Å². The normalized spacial score (nSPS) is 19.2. The van der Waals surface area contributed by atoms with Crippen LogP contribution in [0.5, 0.6) is 0 Å². The molecule has 0 aromatic rings. The van der Waals surface area contributed by atoms with Crippen molar-refractivity contribution in [2.45, 2.75) is 19.3 Å². The second-order valence-corrected chi connectivity index (χ2v) is 3.08. The summed E-state index contributed by atoms with van der Waals surface area (Å²) < 4.78 is 0. The van der Waals surface area contributed by atoms with Crippen LogP contribution >= 0.6 is 0 Å². The molecule has 12 heavy (non-hydrogen) atoms. The standard InChI is InChI=1S/C7H12N2O3/c10-7(11)5-6-1-3-9(8-12)4-2-6/h6H,1-5H2,(H,10,11). The van der Waals surface area contributed by atoms with Gasteiger partial charge in [0, 0.05) is 19.5 Å². The van der Waals surface area contributed by atoms with E-state index in [0.29, 0.717) is 13.1 Å². The third-order valence-electron chi connectivity index (χ3n) is 2.17. The number of aliphatic carboxylic acids is 1. The summed E-state index contributed by atoms with van der Waals surface area (Å²) in [4.78, 5) is 20.4. The minimum Gasteiger partial charge on any atom is -0.481 e. The van der Waals surface area contributed by atoms with Gasteiger partial charge in [0.1, 0.15) is 0 Å². The lowest BCUT2D eigenvalue weighted by molar-refractivity contribution is -0.138. The Labute approximate surface area is 70.3 Å². The molecule has 0 bridgehead atoms. The highest BCUT2D eigenvalue weighted by atomic mass is 16.4. The summed E-state index contributed by atoms with van der Waals surface area (Å²) >= 11 is 0. The van der Waals surface area contributed by atoms with Crippen LogP contribution in [-0.2, 0) is 4.79 Å². The van der Waals surface area contributed by atoms with Gasteiger partial charge in [-0.1, -0.05) is 0 Å². The first-order chi connectivity index (χ1) is 5.72. The van der Waals surface area contributed by atoms with Gasteiger partial charge in [-0.25, -0.2) is 0 Å². The molecular weight excluding hydrogens is 160 g/mol. The zero-order chi connectivity index (χ0) is 8.97. The lowest BCUT2D eigenvalue weighted by Gasteiger charge is -2.26. The van der Waals surface area contributed by atoms with E-state index in [1.165, 1.54) is 5.01 Å². The molecule has 0 spiro atoms. The first-order valence-corrected chi connectivity index (χ1v) is 4.02. The quantitative estimate of drug-likeness (QED) is 0.641. The van der Waals surface area contributed by atoms with Crippen LogP contribution in [0.25, 0.3) is 0 Å². The molecule has 0 amide bonds. The minimum absolute atomic E-state index is 0.215. The average molecular weight is 172 g/mol. The summed E-state index contributed by atoms with van der Waals surface area (Å²) in [6.45, 7) is 1.20. The van der Waals surface area contributed by atoms with Crippen molar-refractivity contribution in [2.75, 3.05) is 13.1 Å². The van der Waals surface area contributed by atoms with Crippen molar-refractivity contribution in [1.29, 1.82) is 0 Å². The molecule has 1 aliphatic heterocycles. The van der Waals surface area contributed by atoms with Gasteiger partial charge in [-0.05, 0) is 18.8 Å². The maximum atomic E-state index is 10.3. The fourth-order valence-electron chi connectivity index (χ4n) is 1.45. The van der Waals surface area contributed by atoms with E-state index in [2.05, 4.69) is 5.29 Å². The summed E-state index contributed by atoms with van der Waals surface area (Å²) in [5.74, 6) is -0.534. The molecule has 1 saturated heterocycles. The van der Waals surface area contributed by atoms with Crippen LogP contribution in [-0.4, -0.2) is 29.2 Å². The summed E-state index contributed by atoms with van der Waals surface area (Å²) in [7, 11) is 0. The van der Waals surface area contributed by atoms with Crippen molar-refractivity contribution in [3.05, 3.63) is 4.91 Å².